The fourth-order valence-electron chi connectivity index (χ4n) is 3.13. The Labute approximate surface area is 105 Å². The standard InChI is InChI=1S/C15H24N2/c1-17(2)12-15(10-8-14(16)9-11-15)13-6-4-3-5-7-13/h3-7,14H,8-12,16H2,1-2H3. The van der Waals surface area contributed by atoms with E-state index in [0.29, 0.717) is 11.5 Å². The number of hydrogen-bond donors (Lipinski definition) is 1. The van der Waals surface area contributed by atoms with Gasteiger partial charge in [-0.15, -0.1) is 0 Å². The average Bonchev–Trinajstić information content (AvgIpc) is 2.33. The summed E-state index contributed by atoms with van der Waals surface area (Å²) < 4.78 is 0. The Morgan fingerprint density at radius 3 is 2.29 bits per heavy atom. The van der Waals surface area contributed by atoms with Crippen LogP contribution in [0.5, 0.6) is 0 Å². The van der Waals surface area contributed by atoms with Crippen molar-refractivity contribution in [3.63, 3.8) is 0 Å². The molecular weight excluding hydrogens is 208 g/mol. The Morgan fingerprint density at radius 1 is 1.18 bits per heavy atom. The predicted octanol–water partition coefficient (Wildman–Crippen LogP) is 2.39. The summed E-state index contributed by atoms with van der Waals surface area (Å²) in [6.07, 6.45) is 4.75. The van der Waals surface area contributed by atoms with Gasteiger partial charge in [0.05, 0.1) is 0 Å². The third-order valence-corrected chi connectivity index (χ3v) is 3.99. The first-order valence-corrected chi connectivity index (χ1v) is 6.58. The molecule has 17 heavy (non-hydrogen) atoms. The summed E-state index contributed by atoms with van der Waals surface area (Å²) in [5.74, 6) is 0. The Kier molecular flexibility index (Phi) is 3.85. The molecule has 0 atom stereocenters. The third-order valence-electron chi connectivity index (χ3n) is 3.99. The first-order chi connectivity index (χ1) is 8.12. The Bertz CT molecular complexity index is 337. The second-order valence-electron chi connectivity index (χ2n) is 5.72. The van der Waals surface area contributed by atoms with Gasteiger partial charge in [-0.25, -0.2) is 0 Å². The highest BCUT2D eigenvalue weighted by atomic mass is 15.1. The van der Waals surface area contributed by atoms with Gasteiger partial charge in [0.15, 0.2) is 0 Å². The first-order valence-electron chi connectivity index (χ1n) is 6.58. The number of rotatable bonds is 3. The molecule has 0 aromatic heterocycles. The van der Waals surface area contributed by atoms with Crippen molar-refractivity contribution >= 4 is 0 Å². The van der Waals surface area contributed by atoms with Crippen molar-refractivity contribution in [2.24, 2.45) is 5.73 Å². The lowest BCUT2D eigenvalue weighted by molar-refractivity contribution is 0.204. The number of nitrogens with two attached hydrogens (primary N) is 1. The molecule has 1 aliphatic carbocycles. The molecule has 0 bridgehead atoms. The van der Waals surface area contributed by atoms with Crippen molar-refractivity contribution in [2.45, 2.75) is 37.1 Å². The summed E-state index contributed by atoms with van der Waals surface area (Å²) in [5.41, 5.74) is 7.86. The van der Waals surface area contributed by atoms with Crippen LogP contribution in [0, 0.1) is 0 Å². The van der Waals surface area contributed by atoms with Gasteiger partial charge in [0.1, 0.15) is 0 Å². The molecule has 0 heterocycles. The monoisotopic (exact) mass is 232 g/mol. The molecule has 0 unspecified atom stereocenters. The Hall–Kier alpha value is -0.860. The molecule has 2 nitrogen and oxygen atoms in total. The number of benzene rings is 1. The van der Waals surface area contributed by atoms with E-state index in [1.165, 1.54) is 18.4 Å². The van der Waals surface area contributed by atoms with E-state index in [2.05, 4.69) is 49.3 Å². The first kappa shape index (κ1) is 12.6. The molecule has 2 rings (SSSR count). The molecule has 1 saturated carbocycles. The molecule has 94 valence electrons. The SMILES string of the molecule is CN(C)CC1(c2ccccc2)CCC(N)CC1. The van der Waals surface area contributed by atoms with Crippen molar-refractivity contribution in [1.29, 1.82) is 0 Å². The lowest BCUT2D eigenvalue weighted by Gasteiger charge is -2.41. The molecule has 1 aromatic carbocycles. The number of hydrogen-bond acceptors (Lipinski definition) is 2. The van der Waals surface area contributed by atoms with Crippen LogP contribution in [0.1, 0.15) is 31.2 Å². The molecular formula is C15H24N2. The molecule has 2 heteroatoms. The molecule has 0 saturated heterocycles. The maximum atomic E-state index is 6.05. The molecule has 2 N–H and O–H groups in total. The van der Waals surface area contributed by atoms with E-state index in [4.69, 9.17) is 5.73 Å². The average molecular weight is 232 g/mol. The molecule has 1 aliphatic rings. The highest BCUT2D eigenvalue weighted by Gasteiger charge is 2.36. The van der Waals surface area contributed by atoms with Crippen LogP contribution in [-0.4, -0.2) is 31.6 Å². The number of likely N-dealkylation sites (N-methyl/N-ethyl adjacent to an activating group) is 1. The van der Waals surface area contributed by atoms with E-state index >= 15 is 0 Å². The van der Waals surface area contributed by atoms with Crippen LogP contribution in [0.25, 0.3) is 0 Å². The third kappa shape index (κ3) is 2.88. The lowest BCUT2D eigenvalue weighted by Crippen LogP contribution is -2.43. The normalized spacial score (nSPS) is 29.5. The van der Waals surface area contributed by atoms with Crippen LogP contribution in [-0.2, 0) is 5.41 Å². The summed E-state index contributed by atoms with van der Waals surface area (Å²) in [7, 11) is 4.33. The minimum absolute atomic E-state index is 0.320. The van der Waals surface area contributed by atoms with Gasteiger partial charge in [0.2, 0.25) is 0 Å². The van der Waals surface area contributed by atoms with Crippen LogP contribution < -0.4 is 5.73 Å². The summed E-state index contributed by atoms with van der Waals surface area (Å²) in [4.78, 5) is 2.31. The summed E-state index contributed by atoms with van der Waals surface area (Å²) in [6.45, 7) is 1.13. The van der Waals surface area contributed by atoms with Crippen LogP contribution in [0.2, 0.25) is 0 Å². The van der Waals surface area contributed by atoms with Gasteiger partial charge < -0.3 is 10.6 Å². The Balaban J connectivity index is 2.24. The topological polar surface area (TPSA) is 29.3 Å². The van der Waals surface area contributed by atoms with E-state index in [1.807, 2.05) is 0 Å². The van der Waals surface area contributed by atoms with E-state index in [9.17, 15) is 0 Å². The van der Waals surface area contributed by atoms with Gasteiger partial charge in [-0.3, -0.25) is 0 Å². The van der Waals surface area contributed by atoms with Gasteiger partial charge in [0.25, 0.3) is 0 Å². The van der Waals surface area contributed by atoms with Gasteiger partial charge in [-0.05, 0) is 45.3 Å². The fourth-order valence-corrected chi connectivity index (χ4v) is 3.13. The van der Waals surface area contributed by atoms with Gasteiger partial charge in [0, 0.05) is 18.0 Å². The van der Waals surface area contributed by atoms with Crippen molar-refractivity contribution in [3.05, 3.63) is 35.9 Å². The van der Waals surface area contributed by atoms with Gasteiger partial charge in [-0.1, -0.05) is 30.3 Å². The molecule has 0 radical (unpaired) electrons. The van der Waals surface area contributed by atoms with Crippen molar-refractivity contribution in [3.8, 4) is 0 Å². The quantitative estimate of drug-likeness (QED) is 0.867. The molecule has 0 aliphatic heterocycles. The highest BCUT2D eigenvalue weighted by Crippen LogP contribution is 2.39. The van der Waals surface area contributed by atoms with E-state index < -0.39 is 0 Å². The zero-order valence-electron chi connectivity index (χ0n) is 11.0. The minimum atomic E-state index is 0.320. The van der Waals surface area contributed by atoms with E-state index in [1.54, 1.807) is 0 Å². The molecule has 1 fully saturated rings. The lowest BCUT2D eigenvalue weighted by atomic mass is 9.68. The van der Waals surface area contributed by atoms with Crippen LogP contribution in [0.15, 0.2) is 30.3 Å². The predicted molar refractivity (Wildman–Crippen MR) is 73.1 cm³/mol. The summed E-state index contributed by atoms with van der Waals surface area (Å²) in [6, 6.07) is 11.4. The smallest absolute Gasteiger partial charge is 0.00812 e. The molecule has 0 amide bonds. The van der Waals surface area contributed by atoms with Crippen molar-refractivity contribution in [1.82, 2.24) is 4.90 Å². The van der Waals surface area contributed by atoms with Crippen LogP contribution in [0.3, 0.4) is 0 Å². The van der Waals surface area contributed by atoms with E-state index in [0.717, 1.165) is 19.4 Å². The largest absolute Gasteiger partial charge is 0.328 e. The molecule has 0 spiro atoms. The second kappa shape index (κ2) is 5.19. The summed E-state index contributed by atoms with van der Waals surface area (Å²) in [5, 5.41) is 0. The van der Waals surface area contributed by atoms with Crippen molar-refractivity contribution < 1.29 is 0 Å². The molecule has 1 aromatic rings. The zero-order chi connectivity index (χ0) is 12.3. The summed E-state index contributed by atoms with van der Waals surface area (Å²) >= 11 is 0. The maximum Gasteiger partial charge on any atom is 0.00812 e. The number of nitrogens with zero attached hydrogens (tertiary/aromatic N) is 1. The van der Waals surface area contributed by atoms with E-state index in [-0.39, 0.29) is 0 Å². The van der Waals surface area contributed by atoms with Crippen LogP contribution in [0.4, 0.5) is 0 Å². The minimum Gasteiger partial charge on any atom is -0.328 e. The Morgan fingerprint density at radius 2 is 1.76 bits per heavy atom. The fraction of sp³-hybridized carbons (Fsp3) is 0.600. The second-order valence-corrected chi connectivity index (χ2v) is 5.72. The highest BCUT2D eigenvalue weighted by molar-refractivity contribution is 5.27. The van der Waals surface area contributed by atoms with Crippen LogP contribution >= 0.6 is 0 Å². The zero-order valence-corrected chi connectivity index (χ0v) is 11.0. The van der Waals surface area contributed by atoms with Gasteiger partial charge in [-0.2, -0.15) is 0 Å². The van der Waals surface area contributed by atoms with Gasteiger partial charge >= 0.3 is 0 Å². The van der Waals surface area contributed by atoms with Crippen molar-refractivity contribution in [2.75, 3.05) is 20.6 Å². The maximum absolute atomic E-state index is 6.05.